The second-order valence-corrected chi connectivity index (χ2v) is 32.0. The normalized spacial score (nSPS) is 11.4. The van der Waals surface area contributed by atoms with Gasteiger partial charge in [0.2, 0.25) is 0 Å². The zero-order valence-electron chi connectivity index (χ0n) is 67.2. The van der Waals surface area contributed by atoms with Gasteiger partial charge < -0.3 is 0 Å². The lowest BCUT2D eigenvalue weighted by Gasteiger charge is -2.17. The summed E-state index contributed by atoms with van der Waals surface area (Å²) in [5.74, 6) is 0. The SMILES string of the molecule is c1ccc(-c2cc(-c3ccccc3)cc(-c3cccc4c(-c5cc(-c6ccccc6)cc(-c6ccccc6)c5)cccc34)c2)cc1.c1ccc2c(-c3cccc4c(-c5c6ccccc6cc6ccccc56)cccc34)c3ccccc3cc2c1.c1ccc2c(c1)cc(-c1cccc3c(-c4cc5ccccc5c5ccccc45)cccc13)c1ccccc12. The summed E-state index contributed by atoms with van der Waals surface area (Å²) in [4.78, 5) is 0. The van der Waals surface area contributed by atoms with E-state index in [0.717, 1.165) is 0 Å². The van der Waals surface area contributed by atoms with E-state index in [0.29, 0.717) is 0 Å². The molecule has 0 heterocycles. The summed E-state index contributed by atoms with van der Waals surface area (Å²) in [5, 5.41) is 28.2. The molecule has 0 saturated heterocycles. The van der Waals surface area contributed by atoms with Gasteiger partial charge in [-0.2, -0.15) is 0 Å². The van der Waals surface area contributed by atoms with Crippen molar-refractivity contribution in [1.29, 1.82) is 0 Å². The maximum atomic E-state index is 2.37. The van der Waals surface area contributed by atoms with E-state index in [-0.39, 0.29) is 0 Å². The third-order valence-electron chi connectivity index (χ3n) is 24.9. The largest absolute Gasteiger partial charge is 0.0622 e. The highest BCUT2D eigenvalue weighted by molar-refractivity contribution is 6.23. The molecule has 24 rings (SSSR count). The summed E-state index contributed by atoms with van der Waals surface area (Å²) in [6.45, 7) is 0. The topological polar surface area (TPSA) is 0 Å². The van der Waals surface area contributed by atoms with E-state index in [9.17, 15) is 0 Å². The number of benzene rings is 24. The first-order chi connectivity index (χ1) is 60.5. The smallest absolute Gasteiger partial charge is 0.00206 e. The first kappa shape index (κ1) is 72.6. The van der Waals surface area contributed by atoms with Crippen LogP contribution in [0.5, 0.6) is 0 Å². The molecular formula is C122H80. The quantitative estimate of drug-likeness (QED) is 0.0946. The van der Waals surface area contributed by atoms with Crippen molar-refractivity contribution in [2.24, 2.45) is 0 Å². The van der Waals surface area contributed by atoms with Crippen molar-refractivity contribution in [2.75, 3.05) is 0 Å². The van der Waals surface area contributed by atoms with Crippen LogP contribution < -0.4 is 0 Å². The van der Waals surface area contributed by atoms with Crippen molar-refractivity contribution in [3.8, 4) is 111 Å². The van der Waals surface area contributed by atoms with Crippen molar-refractivity contribution < 1.29 is 0 Å². The van der Waals surface area contributed by atoms with E-state index >= 15 is 0 Å². The molecule has 0 amide bonds. The lowest BCUT2D eigenvalue weighted by molar-refractivity contribution is 1.57. The molecule has 0 heteroatoms. The fourth-order valence-electron chi connectivity index (χ4n) is 19.3. The van der Waals surface area contributed by atoms with E-state index in [2.05, 4.69) is 485 Å². The van der Waals surface area contributed by atoms with Gasteiger partial charge in [0.05, 0.1) is 0 Å². The Morgan fingerprint density at radius 3 is 0.566 bits per heavy atom. The van der Waals surface area contributed by atoms with Crippen molar-refractivity contribution in [2.45, 2.75) is 0 Å². The average Bonchev–Trinajstić information content (AvgIpc) is 0.741. The fourth-order valence-corrected chi connectivity index (χ4v) is 19.3. The molecule has 0 nitrogen and oxygen atoms in total. The Morgan fingerprint density at radius 2 is 0.270 bits per heavy atom. The third-order valence-corrected chi connectivity index (χ3v) is 24.9. The lowest BCUT2D eigenvalue weighted by Crippen LogP contribution is -1.90. The average molecular weight is 1550 g/mol. The summed E-state index contributed by atoms with van der Waals surface area (Å²) in [6, 6.07) is 177. The first-order valence-electron chi connectivity index (χ1n) is 42.2. The maximum Gasteiger partial charge on any atom is -0.00206 e. The van der Waals surface area contributed by atoms with E-state index in [4.69, 9.17) is 0 Å². The molecular weight excluding hydrogens is 1470 g/mol. The zero-order chi connectivity index (χ0) is 80.8. The minimum atomic E-state index is 1.21. The highest BCUT2D eigenvalue weighted by atomic mass is 14.2. The zero-order valence-corrected chi connectivity index (χ0v) is 67.2. The van der Waals surface area contributed by atoms with Crippen LogP contribution in [0.4, 0.5) is 0 Å². The number of hydrogen-bond acceptors (Lipinski definition) is 0. The van der Waals surface area contributed by atoms with Crippen molar-refractivity contribution in [3.05, 3.63) is 485 Å². The Kier molecular flexibility index (Phi) is 18.8. The Hall–Kier alpha value is -15.9. The van der Waals surface area contributed by atoms with Gasteiger partial charge in [0, 0.05) is 0 Å². The lowest BCUT2D eigenvalue weighted by atomic mass is 9.86. The third kappa shape index (κ3) is 13.3. The molecule has 122 heavy (non-hydrogen) atoms. The molecule has 0 radical (unpaired) electrons. The summed E-state index contributed by atoms with van der Waals surface area (Å²) >= 11 is 0. The molecule has 0 aliphatic carbocycles. The van der Waals surface area contributed by atoms with Crippen LogP contribution in [0.1, 0.15) is 0 Å². The molecule has 0 bridgehead atoms. The molecule has 0 saturated carbocycles. The van der Waals surface area contributed by atoms with Crippen LogP contribution in [-0.2, 0) is 0 Å². The van der Waals surface area contributed by atoms with Gasteiger partial charge in [0.25, 0.3) is 0 Å². The molecule has 568 valence electrons. The molecule has 24 aromatic carbocycles. The molecule has 0 fully saturated rings. The standard InChI is InChI=1S/C46H32.2C38H24/c1-5-15-33(16-6-1)37-27-38(34-17-7-2-8-18-34)30-41(29-37)43-23-13-26-46-44(24-14-25-45(43)46)42-31-39(35-19-9-3-10-20-35)28-40(32-42)36-21-11-4-12-22-36;1-5-15-29-25(11-1)23-26-12-2-6-16-30(26)37(29)35-21-9-20-34-33(35)19-10-22-36(34)38-31-17-7-3-13-27(31)24-28-14-4-8-18-32(28)38;1-3-13-27-25(11-1)23-37(33-17-7-5-15-29(27)33)35-21-9-20-32-31(35)19-10-22-36(32)38-24-26-12-2-4-14-28(26)30-16-6-8-18-34(30)38/h1-32H;2*1-24H. The maximum absolute atomic E-state index is 2.37. The summed E-state index contributed by atoms with van der Waals surface area (Å²) < 4.78 is 0. The summed E-state index contributed by atoms with van der Waals surface area (Å²) in [5.41, 5.74) is 24.9. The summed E-state index contributed by atoms with van der Waals surface area (Å²) in [6.07, 6.45) is 0. The molecule has 24 aromatic rings. The molecule has 0 spiro atoms. The van der Waals surface area contributed by atoms with Crippen LogP contribution in [-0.4, -0.2) is 0 Å². The van der Waals surface area contributed by atoms with Crippen LogP contribution in [0.25, 0.3) is 230 Å². The fraction of sp³-hybridized carbons (Fsp3) is 0. The number of fused-ring (bicyclic) bond motifs is 13. The Morgan fingerprint density at radius 1 is 0.0820 bits per heavy atom. The van der Waals surface area contributed by atoms with Crippen molar-refractivity contribution >= 4 is 118 Å². The van der Waals surface area contributed by atoms with Crippen LogP contribution >= 0.6 is 0 Å². The van der Waals surface area contributed by atoms with Gasteiger partial charge >= 0.3 is 0 Å². The second kappa shape index (κ2) is 31.5. The predicted molar refractivity (Wildman–Crippen MR) is 526 cm³/mol. The van der Waals surface area contributed by atoms with Gasteiger partial charge in [-0.05, 0) is 290 Å². The van der Waals surface area contributed by atoms with Gasteiger partial charge in [-0.15, -0.1) is 0 Å². The van der Waals surface area contributed by atoms with E-state index in [1.54, 1.807) is 0 Å². The predicted octanol–water partition coefficient (Wildman–Crippen LogP) is 34.4. The molecule has 0 aliphatic heterocycles. The van der Waals surface area contributed by atoms with Gasteiger partial charge in [-0.3, -0.25) is 0 Å². The summed E-state index contributed by atoms with van der Waals surface area (Å²) in [7, 11) is 0. The van der Waals surface area contributed by atoms with Gasteiger partial charge in [0.1, 0.15) is 0 Å². The Balaban J connectivity index is 0.000000110. The second-order valence-electron chi connectivity index (χ2n) is 32.0. The number of rotatable bonds is 10. The molecule has 0 aromatic heterocycles. The first-order valence-corrected chi connectivity index (χ1v) is 42.2. The minimum absolute atomic E-state index is 1.21. The Bertz CT molecular complexity index is 7460. The molecule has 0 aliphatic rings. The van der Waals surface area contributed by atoms with Gasteiger partial charge in [-0.25, -0.2) is 0 Å². The monoisotopic (exact) mass is 1540 g/mol. The Labute approximate surface area is 710 Å². The minimum Gasteiger partial charge on any atom is -0.0622 e. The van der Waals surface area contributed by atoms with Gasteiger partial charge in [-0.1, -0.05) is 425 Å². The number of hydrogen-bond donors (Lipinski definition) is 0. The highest BCUT2D eigenvalue weighted by Gasteiger charge is 2.21. The molecule has 0 atom stereocenters. The van der Waals surface area contributed by atoms with Crippen LogP contribution in [0.2, 0.25) is 0 Å². The van der Waals surface area contributed by atoms with E-state index in [1.165, 1.54) is 230 Å². The van der Waals surface area contributed by atoms with Gasteiger partial charge in [0.15, 0.2) is 0 Å². The van der Waals surface area contributed by atoms with Crippen molar-refractivity contribution in [3.63, 3.8) is 0 Å². The van der Waals surface area contributed by atoms with E-state index < -0.39 is 0 Å². The van der Waals surface area contributed by atoms with Crippen LogP contribution in [0, 0.1) is 0 Å². The van der Waals surface area contributed by atoms with E-state index in [1.807, 2.05) is 0 Å². The van der Waals surface area contributed by atoms with Crippen molar-refractivity contribution in [1.82, 2.24) is 0 Å². The molecule has 0 unspecified atom stereocenters. The van der Waals surface area contributed by atoms with Crippen LogP contribution in [0.15, 0.2) is 485 Å². The highest BCUT2D eigenvalue weighted by Crippen LogP contribution is 2.48. The molecule has 0 N–H and O–H groups in total. The van der Waals surface area contributed by atoms with Crippen LogP contribution in [0.3, 0.4) is 0 Å².